The van der Waals surface area contributed by atoms with E-state index in [-0.39, 0.29) is 0 Å². The van der Waals surface area contributed by atoms with Gasteiger partial charge in [-0.25, -0.2) is 0 Å². The van der Waals surface area contributed by atoms with Crippen LogP contribution in [0.1, 0.15) is 58.3 Å². The summed E-state index contributed by atoms with van der Waals surface area (Å²) in [5.41, 5.74) is 0. The highest BCUT2D eigenvalue weighted by atomic mass is 15.4. The maximum atomic E-state index is 2.57. The Balaban J connectivity index is 1.54. The molecular formula is C24H44N3+3. The standard InChI is InChI=1S/C24H44N3/c1-3-4-17-26(18-7-8-19-26)20-9-10-21-27(22-11-12-23-27)24-13-16-25(2)14-5-6-15-25/h4,10,13,16-17,21H,3,5-9,11-12,14-15,18-20,22-24H2,1-2H3/q+3/b16-13+,17-4+,21-10+. The van der Waals surface area contributed by atoms with E-state index in [1.54, 1.807) is 0 Å². The van der Waals surface area contributed by atoms with Crippen molar-refractivity contribution in [1.29, 1.82) is 0 Å². The molecule has 3 aliphatic heterocycles. The van der Waals surface area contributed by atoms with Crippen LogP contribution in [0.5, 0.6) is 0 Å². The summed E-state index contributed by atoms with van der Waals surface area (Å²) >= 11 is 0. The number of hydrogen-bond acceptors (Lipinski definition) is 0. The van der Waals surface area contributed by atoms with Gasteiger partial charge in [0.05, 0.1) is 71.5 Å². The van der Waals surface area contributed by atoms with Gasteiger partial charge in [0.1, 0.15) is 6.54 Å². The average molecular weight is 375 g/mol. The second-order valence-electron chi connectivity index (χ2n) is 9.64. The zero-order chi connectivity index (χ0) is 19.1. The molecule has 3 fully saturated rings. The summed E-state index contributed by atoms with van der Waals surface area (Å²) in [6.45, 7) is 12.8. The Morgan fingerprint density at radius 2 is 1.19 bits per heavy atom. The van der Waals surface area contributed by atoms with Gasteiger partial charge in [0.2, 0.25) is 0 Å². The zero-order valence-electron chi connectivity index (χ0n) is 18.1. The molecule has 3 nitrogen and oxygen atoms in total. The van der Waals surface area contributed by atoms with Crippen LogP contribution in [-0.2, 0) is 0 Å². The van der Waals surface area contributed by atoms with Crippen molar-refractivity contribution in [2.75, 3.05) is 59.4 Å². The van der Waals surface area contributed by atoms with Crippen molar-refractivity contribution in [3.8, 4) is 0 Å². The van der Waals surface area contributed by atoms with E-state index >= 15 is 0 Å². The molecule has 3 aliphatic rings. The lowest BCUT2D eigenvalue weighted by atomic mass is 10.3. The van der Waals surface area contributed by atoms with Crippen LogP contribution in [0.25, 0.3) is 0 Å². The SMILES string of the molecule is CC/C=C/[N+]1(CC/C=C/[N+]2(C/C=C/[N+]3(C)CCCC3)CCCC2)CCCC1. The minimum atomic E-state index is 1.16. The van der Waals surface area contributed by atoms with Gasteiger partial charge >= 0.3 is 0 Å². The van der Waals surface area contributed by atoms with E-state index in [0.717, 1.165) is 4.48 Å². The van der Waals surface area contributed by atoms with Gasteiger partial charge in [-0.1, -0.05) is 6.92 Å². The molecular weight excluding hydrogens is 330 g/mol. The van der Waals surface area contributed by atoms with E-state index in [2.05, 4.69) is 50.8 Å². The second kappa shape index (κ2) is 9.54. The fraction of sp³-hybridized carbons (Fsp3) is 0.750. The Bertz CT molecular complexity index is 528. The molecule has 0 spiro atoms. The van der Waals surface area contributed by atoms with Gasteiger partial charge in [0.15, 0.2) is 0 Å². The quantitative estimate of drug-likeness (QED) is 0.509. The molecule has 0 radical (unpaired) electrons. The number of nitrogens with zero attached hydrogens (tertiary/aromatic N) is 3. The fourth-order valence-corrected chi connectivity index (χ4v) is 5.45. The average Bonchev–Trinajstić information content (AvgIpc) is 3.40. The molecule has 152 valence electrons. The van der Waals surface area contributed by atoms with Gasteiger partial charge in [-0.2, -0.15) is 0 Å². The smallest absolute Gasteiger partial charge is 0.107 e. The predicted octanol–water partition coefficient (Wildman–Crippen LogP) is 4.79. The predicted molar refractivity (Wildman–Crippen MR) is 116 cm³/mol. The third kappa shape index (κ3) is 5.79. The van der Waals surface area contributed by atoms with Crippen LogP contribution >= 0.6 is 0 Å². The molecule has 27 heavy (non-hydrogen) atoms. The van der Waals surface area contributed by atoms with Crippen molar-refractivity contribution >= 4 is 0 Å². The summed E-state index contributed by atoms with van der Waals surface area (Å²) in [5, 5.41) is 0. The largest absolute Gasteiger partial charge is 0.300 e. The summed E-state index contributed by atoms with van der Waals surface area (Å²) < 4.78 is 3.59. The van der Waals surface area contributed by atoms with Gasteiger partial charge in [-0.05, 0) is 18.6 Å². The van der Waals surface area contributed by atoms with Crippen molar-refractivity contribution in [1.82, 2.24) is 0 Å². The maximum Gasteiger partial charge on any atom is 0.107 e. The second-order valence-corrected chi connectivity index (χ2v) is 9.64. The lowest BCUT2D eigenvalue weighted by molar-refractivity contribution is -0.868. The van der Waals surface area contributed by atoms with E-state index in [4.69, 9.17) is 0 Å². The molecule has 3 heterocycles. The molecule has 0 unspecified atom stereocenters. The first kappa shape index (κ1) is 20.8. The van der Waals surface area contributed by atoms with Crippen molar-refractivity contribution in [2.45, 2.75) is 58.3 Å². The first-order valence-electron chi connectivity index (χ1n) is 11.7. The first-order chi connectivity index (χ1) is 13.1. The molecule has 3 saturated heterocycles. The van der Waals surface area contributed by atoms with Crippen LogP contribution in [0.2, 0.25) is 0 Å². The molecule has 0 aromatic rings. The van der Waals surface area contributed by atoms with E-state index in [0.29, 0.717) is 0 Å². The number of quaternary nitrogens is 3. The van der Waals surface area contributed by atoms with Crippen molar-refractivity contribution in [3.05, 3.63) is 36.8 Å². The number of likely N-dealkylation sites (tertiary alicyclic amines) is 3. The number of rotatable bonds is 9. The van der Waals surface area contributed by atoms with Crippen LogP contribution in [0.4, 0.5) is 0 Å². The molecule has 0 aromatic carbocycles. The maximum absolute atomic E-state index is 2.57. The van der Waals surface area contributed by atoms with Crippen LogP contribution in [0.3, 0.4) is 0 Å². The summed E-state index contributed by atoms with van der Waals surface area (Å²) in [4.78, 5) is 0. The molecule has 3 rings (SSSR count). The molecule has 0 aliphatic carbocycles. The summed E-state index contributed by atoms with van der Waals surface area (Å²) in [6, 6.07) is 0. The van der Waals surface area contributed by atoms with Crippen LogP contribution < -0.4 is 0 Å². The monoisotopic (exact) mass is 374 g/mol. The van der Waals surface area contributed by atoms with Crippen molar-refractivity contribution in [3.63, 3.8) is 0 Å². The van der Waals surface area contributed by atoms with E-state index in [9.17, 15) is 0 Å². The van der Waals surface area contributed by atoms with Crippen molar-refractivity contribution in [2.24, 2.45) is 0 Å². The lowest BCUT2D eigenvalue weighted by Gasteiger charge is -2.31. The third-order valence-electron chi connectivity index (χ3n) is 7.26. The van der Waals surface area contributed by atoms with Crippen LogP contribution in [0, 0.1) is 0 Å². The lowest BCUT2D eigenvalue weighted by Crippen LogP contribution is -2.41. The highest BCUT2D eigenvalue weighted by molar-refractivity contribution is 4.84. The Hall–Kier alpha value is -0.900. The Morgan fingerprint density at radius 3 is 1.81 bits per heavy atom. The van der Waals surface area contributed by atoms with Gasteiger partial charge in [0.25, 0.3) is 0 Å². The normalized spacial score (nSPS) is 26.9. The Morgan fingerprint density at radius 1 is 0.630 bits per heavy atom. The number of allylic oxidation sites excluding steroid dienone is 1. The molecule has 0 bridgehead atoms. The summed E-state index contributed by atoms with van der Waals surface area (Å²) in [6.07, 6.45) is 25.7. The topological polar surface area (TPSA) is 0 Å². The minimum Gasteiger partial charge on any atom is -0.300 e. The number of hydrogen-bond donors (Lipinski definition) is 0. The van der Waals surface area contributed by atoms with Gasteiger partial charge in [-0.3, -0.25) is 13.4 Å². The zero-order valence-corrected chi connectivity index (χ0v) is 18.1. The summed E-state index contributed by atoms with van der Waals surface area (Å²) in [7, 11) is 2.40. The molecule has 3 heteroatoms. The van der Waals surface area contributed by atoms with Crippen LogP contribution in [0.15, 0.2) is 36.8 Å². The Labute approximate surface area is 168 Å². The van der Waals surface area contributed by atoms with E-state index in [1.165, 1.54) is 113 Å². The Kier molecular flexibility index (Phi) is 7.35. The third-order valence-corrected chi connectivity index (χ3v) is 7.26. The first-order valence-corrected chi connectivity index (χ1v) is 11.7. The molecule has 0 aromatic heterocycles. The highest BCUT2D eigenvalue weighted by Crippen LogP contribution is 2.24. The summed E-state index contributed by atoms with van der Waals surface area (Å²) in [5.74, 6) is 0. The molecule has 0 N–H and O–H groups in total. The van der Waals surface area contributed by atoms with Crippen LogP contribution in [-0.4, -0.2) is 72.9 Å². The van der Waals surface area contributed by atoms with E-state index < -0.39 is 0 Å². The van der Waals surface area contributed by atoms with Gasteiger partial charge in [-0.15, -0.1) is 0 Å². The minimum absolute atomic E-state index is 1.16. The van der Waals surface area contributed by atoms with E-state index in [1.807, 2.05) is 0 Å². The molecule has 0 amide bonds. The highest BCUT2D eigenvalue weighted by Gasteiger charge is 2.31. The fourth-order valence-electron chi connectivity index (χ4n) is 5.45. The molecule has 0 atom stereocenters. The van der Waals surface area contributed by atoms with Crippen molar-refractivity contribution < 1.29 is 13.4 Å². The van der Waals surface area contributed by atoms with Gasteiger partial charge in [0, 0.05) is 51.0 Å². The van der Waals surface area contributed by atoms with Gasteiger partial charge < -0.3 is 0 Å². The molecule has 0 saturated carbocycles.